The molecule has 0 saturated heterocycles. The van der Waals surface area contributed by atoms with Gasteiger partial charge in [-0.25, -0.2) is 13.1 Å². The van der Waals surface area contributed by atoms with Crippen LogP contribution in [0.4, 0.5) is 0 Å². The zero-order valence-corrected chi connectivity index (χ0v) is 18.1. The normalized spacial score (nSPS) is 14.0. The van der Waals surface area contributed by atoms with E-state index in [2.05, 4.69) is 4.98 Å². The molecule has 1 aliphatic rings. The molecule has 0 fully saturated rings. The highest BCUT2D eigenvalue weighted by atomic mass is 35.5. The van der Waals surface area contributed by atoms with E-state index in [0.29, 0.717) is 32.8 Å². The summed E-state index contributed by atoms with van der Waals surface area (Å²) in [5, 5.41) is 1.01. The molecule has 9 heteroatoms. The fraction of sp³-hybridized carbons (Fsp3) is 0.136. The molecular weight excluding hydrogens is 438 g/mol. The maximum Gasteiger partial charge on any atom is 0.282 e. The molecule has 1 amide bonds. The van der Waals surface area contributed by atoms with E-state index < -0.39 is 15.9 Å². The largest absolute Gasteiger partial charge is 0.330 e. The Kier molecular flexibility index (Phi) is 5.51. The second kappa shape index (κ2) is 8.13. The maximum atomic E-state index is 13.2. The number of aromatic nitrogens is 2. The monoisotopic (exact) mass is 455 g/mol. The van der Waals surface area contributed by atoms with E-state index in [9.17, 15) is 18.0 Å². The summed E-state index contributed by atoms with van der Waals surface area (Å²) >= 11 is 6.24. The lowest BCUT2D eigenvalue weighted by molar-refractivity contribution is -0.113. The fourth-order valence-corrected chi connectivity index (χ4v) is 4.24. The molecule has 31 heavy (non-hydrogen) atoms. The molecule has 2 aromatic heterocycles. The molecule has 3 aromatic rings. The number of carbonyl (C=O) groups excluding carboxylic acids is 2. The van der Waals surface area contributed by atoms with Crippen LogP contribution in [0, 0.1) is 0 Å². The van der Waals surface area contributed by atoms with Crippen LogP contribution in [0.25, 0.3) is 16.5 Å². The second-order valence-corrected chi connectivity index (χ2v) is 9.32. The topological polar surface area (TPSA) is 98.1 Å². The van der Waals surface area contributed by atoms with Gasteiger partial charge in [-0.15, -0.1) is 0 Å². The number of benzene rings is 1. The standard InChI is InChI=1S/C22H18ClN3O4S/c1-31(29,30)25-22(28)21-20(16-7-2-3-8-19(16)27)17-12-14(23)9-10-18(17)26(21)13-15-6-4-5-11-24-15/h2-7,9-12H,8,13H2,1H3,(H,25,28). The predicted octanol–water partition coefficient (Wildman–Crippen LogP) is 3.34. The number of hydrogen-bond donors (Lipinski definition) is 1. The number of sulfonamides is 1. The van der Waals surface area contributed by atoms with Gasteiger partial charge in [-0.2, -0.15) is 0 Å². The van der Waals surface area contributed by atoms with Crippen LogP contribution < -0.4 is 4.72 Å². The van der Waals surface area contributed by atoms with Crippen LogP contribution in [0.2, 0.25) is 5.02 Å². The van der Waals surface area contributed by atoms with Gasteiger partial charge in [0.05, 0.1) is 18.5 Å². The minimum atomic E-state index is -3.84. The number of rotatable bonds is 5. The van der Waals surface area contributed by atoms with E-state index in [1.54, 1.807) is 59.3 Å². The van der Waals surface area contributed by atoms with Gasteiger partial charge in [0.2, 0.25) is 10.0 Å². The van der Waals surface area contributed by atoms with Gasteiger partial charge < -0.3 is 4.57 Å². The first kappa shape index (κ1) is 21.0. The van der Waals surface area contributed by atoms with E-state index in [4.69, 9.17) is 11.6 Å². The molecule has 158 valence electrons. The molecule has 7 nitrogen and oxygen atoms in total. The molecule has 0 atom stereocenters. The van der Waals surface area contributed by atoms with Crippen molar-refractivity contribution in [2.75, 3.05) is 6.26 Å². The SMILES string of the molecule is CS(=O)(=O)NC(=O)c1c(C2=CC=CCC2=O)c2cc(Cl)ccc2n1Cc1ccccn1. The average molecular weight is 456 g/mol. The predicted molar refractivity (Wildman–Crippen MR) is 119 cm³/mol. The second-order valence-electron chi connectivity index (χ2n) is 7.13. The fourth-order valence-electron chi connectivity index (χ4n) is 3.64. The number of Topliss-reactive ketones (excluding diaryl/α,β-unsaturated/α-hetero) is 1. The van der Waals surface area contributed by atoms with Crippen molar-refractivity contribution in [3.05, 3.63) is 82.8 Å². The van der Waals surface area contributed by atoms with Gasteiger partial charge in [0.15, 0.2) is 5.78 Å². The lowest BCUT2D eigenvalue weighted by atomic mass is 9.93. The van der Waals surface area contributed by atoms with E-state index in [0.717, 1.165) is 6.26 Å². The summed E-state index contributed by atoms with van der Waals surface area (Å²) in [6.45, 7) is 0.197. The summed E-state index contributed by atoms with van der Waals surface area (Å²) in [5.41, 5.74) is 2.03. The molecule has 1 aromatic carbocycles. The van der Waals surface area contributed by atoms with E-state index in [-0.39, 0.29) is 24.4 Å². The van der Waals surface area contributed by atoms with Gasteiger partial charge in [-0.1, -0.05) is 35.9 Å². The number of carbonyl (C=O) groups is 2. The number of fused-ring (bicyclic) bond motifs is 1. The van der Waals surface area contributed by atoms with Crippen LogP contribution in [0.15, 0.2) is 60.8 Å². The molecule has 0 aliphatic heterocycles. The third kappa shape index (κ3) is 4.30. The zero-order valence-electron chi connectivity index (χ0n) is 16.5. The zero-order chi connectivity index (χ0) is 22.2. The van der Waals surface area contributed by atoms with Gasteiger partial charge in [-0.3, -0.25) is 14.6 Å². The molecular formula is C22H18ClN3O4S. The summed E-state index contributed by atoms with van der Waals surface area (Å²) in [6.07, 6.45) is 7.81. The van der Waals surface area contributed by atoms with Gasteiger partial charge in [0.1, 0.15) is 5.69 Å². The lowest BCUT2D eigenvalue weighted by Crippen LogP contribution is -2.32. The number of amides is 1. The first-order valence-electron chi connectivity index (χ1n) is 9.39. The quantitative estimate of drug-likeness (QED) is 0.636. The minimum Gasteiger partial charge on any atom is -0.330 e. The number of nitrogens with one attached hydrogen (secondary N) is 1. The van der Waals surface area contributed by atoms with E-state index >= 15 is 0 Å². The highest BCUT2D eigenvalue weighted by Gasteiger charge is 2.29. The minimum absolute atomic E-state index is 0.0586. The highest BCUT2D eigenvalue weighted by molar-refractivity contribution is 7.89. The lowest BCUT2D eigenvalue weighted by Gasteiger charge is -2.13. The number of allylic oxidation sites excluding steroid dienone is 4. The molecule has 4 rings (SSSR count). The van der Waals surface area contributed by atoms with Crippen molar-refractivity contribution in [3.8, 4) is 0 Å². The molecule has 1 aliphatic carbocycles. The third-order valence-electron chi connectivity index (χ3n) is 4.84. The first-order valence-corrected chi connectivity index (χ1v) is 11.7. The Morgan fingerprint density at radius 3 is 2.74 bits per heavy atom. The Balaban J connectivity index is 2.05. The maximum absolute atomic E-state index is 13.2. The number of pyridine rings is 1. The van der Waals surface area contributed by atoms with Gasteiger partial charge >= 0.3 is 0 Å². The Labute approximate surface area is 184 Å². The van der Waals surface area contributed by atoms with Crippen molar-refractivity contribution in [3.63, 3.8) is 0 Å². The Morgan fingerprint density at radius 2 is 2.06 bits per heavy atom. The van der Waals surface area contributed by atoms with Crippen molar-refractivity contribution in [2.45, 2.75) is 13.0 Å². The molecule has 0 bridgehead atoms. The Morgan fingerprint density at radius 1 is 1.26 bits per heavy atom. The first-order chi connectivity index (χ1) is 14.7. The summed E-state index contributed by atoms with van der Waals surface area (Å²) in [7, 11) is -3.84. The Hall–Kier alpha value is -3.23. The van der Waals surface area contributed by atoms with Crippen molar-refractivity contribution < 1.29 is 18.0 Å². The summed E-state index contributed by atoms with van der Waals surface area (Å²) < 4.78 is 27.4. The van der Waals surface area contributed by atoms with Crippen molar-refractivity contribution in [2.24, 2.45) is 0 Å². The van der Waals surface area contributed by atoms with E-state index in [1.165, 1.54) is 0 Å². The molecule has 1 N–H and O–H groups in total. The van der Waals surface area contributed by atoms with Gasteiger partial charge in [0.25, 0.3) is 5.91 Å². The molecule has 0 unspecified atom stereocenters. The number of ketones is 1. The molecule has 0 spiro atoms. The van der Waals surface area contributed by atoms with Crippen molar-refractivity contribution in [1.29, 1.82) is 0 Å². The van der Waals surface area contributed by atoms with Gasteiger partial charge in [0, 0.05) is 39.7 Å². The number of nitrogens with zero attached hydrogens (tertiary/aromatic N) is 2. The van der Waals surface area contributed by atoms with Crippen molar-refractivity contribution in [1.82, 2.24) is 14.3 Å². The number of halogens is 1. The smallest absolute Gasteiger partial charge is 0.282 e. The molecule has 0 radical (unpaired) electrons. The number of hydrogen-bond acceptors (Lipinski definition) is 5. The van der Waals surface area contributed by atoms with Crippen LogP contribution in [0.5, 0.6) is 0 Å². The highest BCUT2D eigenvalue weighted by Crippen LogP contribution is 2.36. The molecule has 2 heterocycles. The molecule has 0 saturated carbocycles. The van der Waals surface area contributed by atoms with Gasteiger partial charge in [-0.05, 0) is 30.3 Å². The van der Waals surface area contributed by atoms with Crippen LogP contribution in [0.1, 0.15) is 28.2 Å². The van der Waals surface area contributed by atoms with Crippen LogP contribution in [-0.4, -0.2) is 35.9 Å². The average Bonchev–Trinajstić information content (AvgIpc) is 3.01. The van der Waals surface area contributed by atoms with Crippen LogP contribution in [0.3, 0.4) is 0 Å². The van der Waals surface area contributed by atoms with E-state index in [1.807, 2.05) is 10.8 Å². The third-order valence-corrected chi connectivity index (χ3v) is 5.63. The van der Waals surface area contributed by atoms with Crippen molar-refractivity contribution >= 4 is 49.8 Å². The summed E-state index contributed by atoms with van der Waals surface area (Å²) in [5.74, 6) is -1.00. The van der Waals surface area contributed by atoms with Crippen LogP contribution in [-0.2, 0) is 21.4 Å². The Bertz CT molecular complexity index is 1370. The summed E-state index contributed by atoms with van der Waals surface area (Å²) in [6, 6.07) is 10.5. The van der Waals surface area contributed by atoms with Crippen LogP contribution >= 0.6 is 11.6 Å². The summed E-state index contributed by atoms with van der Waals surface area (Å²) in [4.78, 5) is 30.2.